The summed E-state index contributed by atoms with van der Waals surface area (Å²) in [6.07, 6.45) is -2.48. The number of hydrogen-bond donors (Lipinski definition) is 2. The van der Waals surface area contributed by atoms with Crippen molar-refractivity contribution >= 4 is 18.2 Å². The van der Waals surface area contributed by atoms with E-state index in [1.54, 1.807) is 0 Å². The minimum Gasteiger partial charge on any atom is -0.482 e. The van der Waals surface area contributed by atoms with Crippen LogP contribution in [0.4, 0.5) is 4.39 Å². The van der Waals surface area contributed by atoms with Gasteiger partial charge in [-0.25, -0.2) is 9.38 Å². The summed E-state index contributed by atoms with van der Waals surface area (Å²) < 4.78 is 31.7. The maximum Gasteiger partial charge on any atom is 0.220 e. The van der Waals surface area contributed by atoms with Gasteiger partial charge in [0.15, 0.2) is 24.1 Å². The highest BCUT2D eigenvalue weighted by Crippen LogP contribution is 2.39. The molecule has 0 aromatic carbocycles. The molecule has 3 rings (SSSR count). The Labute approximate surface area is 145 Å². The lowest BCUT2D eigenvalue weighted by Gasteiger charge is -2.35. The Kier molecular flexibility index (Phi) is 4.69. The van der Waals surface area contributed by atoms with Crippen LogP contribution in [0.5, 0.6) is 0 Å². The molecule has 3 aliphatic rings. The van der Waals surface area contributed by atoms with Crippen molar-refractivity contribution in [1.29, 1.82) is 0 Å². The van der Waals surface area contributed by atoms with E-state index < -0.39 is 36.3 Å². The van der Waals surface area contributed by atoms with E-state index in [-0.39, 0.29) is 18.7 Å². The molecular formula is C15H24FN5O4. The van der Waals surface area contributed by atoms with Gasteiger partial charge in [0.1, 0.15) is 12.2 Å². The van der Waals surface area contributed by atoms with Gasteiger partial charge in [-0.15, -0.1) is 0 Å². The second kappa shape index (κ2) is 6.50. The smallest absolute Gasteiger partial charge is 0.220 e. The first-order valence-corrected chi connectivity index (χ1v) is 8.16. The number of nitrogens with zero attached hydrogens (tertiary/aromatic N) is 4. The third kappa shape index (κ3) is 3.09. The Morgan fingerprint density at radius 2 is 2.24 bits per heavy atom. The second-order valence-electron chi connectivity index (χ2n) is 6.72. The van der Waals surface area contributed by atoms with E-state index in [0.717, 1.165) is 0 Å². The largest absolute Gasteiger partial charge is 0.482 e. The standard InChI is InChI=1S/C15H24FN5O4/c1-7(2)24-5-8-10(22)15(3,16)13(25-8)21-6-18-9-11(21)19-14(17)20-12(9)23-4/h6-11,13,22H,5H2,1-4H3,(H2,17,19)/t8-,9?,10-,11?,13?,15-/m1/s1. The summed E-state index contributed by atoms with van der Waals surface area (Å²) in [5.74, 6) is 0.322. The van der Waals surface area contributed by atoms with Crippen LogP contribution in [0.2, 0.25) is 0 Å². The Bertz CT molecular complexity index is 609. The predicted octanol–water partition coefficient (Wildman–Crippen LogP) is -0.363. The molecule has 0 bridgehead atoms. The number of alkyl halides is 1. The molecule has 0 amide bonds. The molecule has 0 spiro atoms. The van der Waals surface area contributed by atoms with Crippen molar-refractivity contribution in [1.82, 2.24) is 4.90 Å². The van der Waals surface area contributed by atoms with Crippen LogP contribution in [-0.4, -0.2) is 84.3 Å². The third-order valence-corrected chi connectivity index (χ3v) is 4.48. The van der Waals surface area contributed by atoms with E-state index in [2.05, 4.69) is 15.0 Å². The van der Waals surface area contributed by atoms with Gasteiger partial charge in [-0.1, -0.05) is 0 Å². The van der Waals surface area contributed by atoms with Crippen molar-refractivity contribution in [2.24, 2.45) is 20.7 Å². The van der Waals surface area contributed by atoms with Gasteiger partial charge in [-0.05, 0) is 20.8 Å². The molecule has 1 saturated heterocycles. The molecule has 25 heavy (non-hydrogen) atoms. The molecule has 0 aromatic rings. The summed E-state index contributed by atoms with van der Waals surface area (Å²) in [4.78, 5) is 14.0. The van der Waals surface area contributed by atoms with Crippen molar-refractivity contribution in [3.05, 3.63) is 0 Å². The normalized spacial score (nSPS) is 40.3. The Hall–Kier alpha value is -1.78. The van der Waals surface area contributed by atoms with Crippen molar-refractivity contribution in [3.8, 4) is 0 Å². The number of rotatable bonds is 4. The summed E-state index contributed by atoms with van der Waals surface area (Å²) in [5, 5.41) is 10.3. The molecule has 0 saturated carbocycles. The number of aliphatic imine (C=N–C) groups is 3. The Morgan fingerprint density at radius 3 is 2.88 bits per heavy atom. The summed E-state index contributed by atoms with van der Waals surface area (Å²) in [6.45, 7) is 5.09. The van der Waals surface area contributed by atoms with Gasteiger partial charge in [0.05, 0.1) is 26.2 Å². The number of methoxy groups -OCH3 is 1. The van der Waals surface area contributed by atoms with Crippen LogP contribution in [0.15, 0.2) is 15.0 Å². The lowest BCUT2D eigenvalue weighted by atomic mass is 9.97. The number of aliphatic hydroxyl groups is 1. The van der Waals surface area contributed by atoms with Crippen LogP contribution in [0.1, 0.15) is 20.8 Å². The first-order chi connectivity index (χ1) is 11.8. The molecule has 0 radical (unpaired) electrons. The van der Waals surface area contributed by atoms with Gasteiger partial charge < -0.3 is 30.0 Å². The minimum atomic E-state index is -2.04. The van der Waals surface area contributed by atoms with Gasteiger partial charge in [0, 0.05) is 0 Å². The highest BCUT2D eigenvalue weighted by Gasteiger charge is 2.59. The molecule has 10 heteroatoms. The summed E-state index contributed by atoms with van der Waals surface area (Å²) >= 11 is 0. The topological polar surface area (TPSA) is 114 Å². The average Bonchev–Trinajstić information content (AvgIpc) is 3.05. The third-order valence-electron chi connectivity index (χ3n) is 4.48. The lowest BCUT2D eigenvalue weighted by molar-refractivity contribution is -0.0976. The van der Waals surface area contributed by atoms with E-state index in [1.165, 1.54) is 25.3 Å². The second-order valence-corrected chi connectivity index (χ2v) is 6.72. The number of nitrogens with two attached hydrogens (primary N) is 1. The van der Waals surface area contributed by atoms with E-state index in [9.17, 15) is 5.11 Å². The molecule has 9 nitrogen and oxygen atoms in total. The van der Waals surface area contributed by atoms with Crippen LogP contribution in [-0.2, 0) is 14.2 Å². The molecule has 0 aliphatic carbocycles. The first kappa shape index (κ1) is 18.0. The first-order valence-electron chi connectivity index (χ1n) is 8.16. The maximum absolute atomic E-state index is 15.3. The monoisotopic (exact) mass is 357 g/mol. The number of ether oxygens (including phenoxy) is 3. The molecule has 3 aliphatic heterocycles. The lowest BCUT2D eigenvalue weighted by Crippen LogP contribution is -2.54. The molecule has 1 fully saturated rings. The molecular weight excluding hydrogens is 333 g/mol. The molecule has 0 aromatic heterocycles. The van der Waals surface area contributed by atoms with Crippen LogP contribution in [0.3, 0.4) is 0 Å². The zero-order valence-electron chi connectivity index (χ0n) is 14.7. The van der Waals surface area contributed by atoms with Crippen LogP contribution >= 0.6 is 0 Å². The van der Waals surface area contributed by atoms with Crippen LogP contribution in [0.25, 0.3) is 0 Å². The highest BCUT2D eigenvalue weighted by atomic mass is 19.1. The van der Waals surface area contributed by atoms with Gasteiger partial charge in [-0.2, -0.15) is 4.99 Å². The van der Waals surface area contributed by atoms with Crippen LogP contribution < -0.4 is 5.73 Å². The molecule has 140 valence electrons. The van der Waals surface area contributed by atoms with E-state index in [4.69, 9.17) is 19.9 Å². The number of aliphatic hydroxyl groups excluding tert-OH is 1. The maximum atomic E-state index is 15.3. The zero-order valence-corrected chi connectivity index (χ0v) is 14.7. The van der Waals surface area contributed by atoms with Crippen molar-refractivity contribution < 1.29 is 23.7 Å². The van der Waals surface area contributed by atoms with E-state index >= 15 is 4.39 Å². The minimum absolute atomic E-state index is 0.0207. The van der Waals surface area contributed by atoms with Gasteiger partial charge in [0.25, 0.3) is 0 Å². The van der Waals surface area contributed by atoms with E-state index in [0.29, 0.717) is 5.90 Å². The quantitative estimate of drug-likeness (QED) is 0.710. The number of halogens is 1. The summed E-state index contributed by atoms with van der Waals surface area (Å²) in [5.41, 5.74) is 3.67. The Morgan fingerprint density at radius 1 is 1.52 bits per heavy atom. The van der Waals surface area contributed by atoms with Crippen molar-refractivity contribution in [3.63, 3.8) is 0 Å². The van der Waals surface area contributed by atoms with E-state index in [1.807, 2.05) is 13.8 Å². The van der Waals surface area contributed by atoms with Crippen molar-refractivity contribution in [2.75, 3.05) is 13.7 Å². The molecule has 6 atom stereocenters. The van der Waals surface area contributed by atoms with Gasteiger partial charge >= 0.3 is 0 Å². The average molecular weight is 357 g/mol. The number of hydrogen-bond acceptors (Lipinski definition) is 9. The number of guanidine groups is 1. The fraction of sp³-hybridized carbons (Fsp3) is 0.800. The van der Waals surface area contributed by atoms with Gasteiger partial charge in [-0.3, -0.25) is 4.99 Å². The van der Waals surface area contributed by atoms with Crippen LogP contribution in [0, 0.1) is 0 Å². The fourth-order valence-electron chi connectivity index (χ4n) is 3.16. The molecule has 3 unspecified atom stereocenters. The zero-order chi connectivity index (χ0) is 18.4. The summed E-state index contributed by atoms with van der Waals surface area (Å²) in [7, 11) is 1.46. The molecule has 3 heterocycles. The highest BCUT2D eigenvalue weighted by molar-refractivity contribution is 5.99. The predicted molar refractivity (Wildman–Crippen MR) is 89.2 cm³/mol. The Balaban J connectivity index is 1.80. The van der Waals surface area contributed by atoms with Gasteiger partial charge in [0.2, 0.25) is 11.9 Å². The van der Waals surface area contributed by atoms with Crippen molar-refractivity contribution in [2.45, 2.75) is 63.2 Å². The fourth-order valence-corrected chi connectivity index (χ4v) is 3.16. The number of fused-ring (bicyclic) bond motifs is 1. The molecule has 3 N–H and O–H groups in total. The summed E-state index contributed by atoms with van der Waals surface area (Å²) in [6, 6.07) is -0.528. The SMILES string of the molecule is COC1=NC(N)=NC2C1N=CN2C1O[C@H](COC(C)C)[C@@H](O)[C@@]1(C)F.